The largest absolute Gasteiger partial charge is 0.381 e. The molecular formula is C12H15N3OS. The van der Waals surface area contributed by atoms with Gasteiger partial charge in [-0.25, -0.2) is 4.98 Å². The number of H-pyrrole nitrogens is 1. The molecule has 0 bridgehead atoms. The highest BCUT2D eigenvalue weighted by Crippen LogP contribution is 2.19. The van der Waals surface area contributed by atoms with Crippen LogP contribution in [0.15, 0.2) is 18.3 Å². The van der Waals surface area contributed by atoms with E-state index in [-0.39, 0.29) is 0 Å². The topological polar surface area (TPSA) is 42.8 Å². The minimum atomic E-state index is 0.672. The molecule has 0 spiro atoms. The second-order valence-electron chi connectivity index (χ2n) is 4.47. The molecule has 2 aromatic heterocycles. The van der Waals surface area contributed by atoms with Crippen LogP contribution in [-0.2, 0) is 11.3 Å². The molecule has 1 fully saturated rings. The van der Waals surface area contributed by atoms with E-state index in [1.807, 2.05) is 12.1 Å². The number of hydrogen-bond donors (Lipinski definition) is 1. The van der Waals surface area contributed by atoms with Crippen LogP contribution < -0.4 is 0 Å². The Balaban J connectivity index is 1.84. The molecule has 3 heterocycles. The second kappa shape index (κ2) is 4.58. The fraction of sp³-hybridized carbons (Fsp3) is 0.500. The Morgan fingerprint density at radius 1 is 1.59 bits per heavy atom. The van der Waals surface area contributed by atoms with E-state index in [4.69, 9.17) is 17.0 Å². The van der Waals surface area contributed by atoms with Crippen molar-refractivity contribution in [3.8, 4) is 0 Å². The Hall–Kier alpha value is -1.20. The van der Waals surface area contributed by atoms with Crippen LogP contribution in [0.3, 0.4) is 0 Å². The molecule has 1 atom stereocenters. The molecule has 17 heavy (non-hydrogen) atoms. The van der Waals surface area contributed by atoms with Gasteiger partial charge in [0.15, 0.2) is 10.4 Å². The van der Waals surface area contributed by atoms with Gasteiger partial charge in [-0.05, 0) is 43.1 Å². The van der Waals surface area contributed by atoms with E-state index in [1.165, 1.54) is 6.42 Å². The van der Waals surface area contributed by atoms with E-state index in [9.17, 15) is 0 Å². The maximum Gasteiger partial charge on any atom is 0.179 e. The number of nitrogens with zero attached hydrogens (tertiary/aromatic N) is 2. The molecule has 1 aliphatic heterocycles. The van der Waals surface area contributed by atoms with Crippen LogP contribution in [-0.4, -0.2) is 27.7 Å². The summed E-state index contributed by atoms with van der Waals surface area (Å²) in [5, 5.41) is 0. The van der Waals surface area contributed by atoms with E-state index in [1.54, 1.807) is 6.20 Å². The van der Waals surface area contributed by atoms with Gasteiger partial charge < -0.3 is 14.3 Å². The molecule has 0 radical (unpaired) electrons. The number of nitrogens with one attached hydrogen (secondary N) is 1. The van der Waals surface area contributed by atoms with Crippen LogP contribution in [0, 0.1) is 10.7 Å². The van der Waals surface area contributed by atoms with Gasteiger partial charge in [0.1, 0.15) is 0 Å². The molecule has 0 aliphatic carbocycles. The summed E-state index contributed by atoms with van der Waals surface area (Å²) in [4.78, 5) is 7.57. The normalized spacial score (nSPS) is 20.1. The van der Waals surface area contributed by atoms with Gasteiger partial charge in [-0.15, -0.1) is 0 Å². The number of rotatable bonds is 3. The summed E-state index contributed by atoms with van der Waals surface area (Å²) in [6.45, 7) is 2.72. The van der Waals surface area contributed by atoms with Crippen molar-refractivity contribution in [2.75, 3.05) is 13.2 Å². The standard InChI is InChI=1S/C12H15N3OS/c17-12-14-10-2-1-5-13-11(10)15(12)6-3-9-4-7-16-8-9/h1-2,5,9H,3-4,6-8H2,(H,14,17). The van der Waals surface area contributed by atoms with Crippen LogP contribution in [0.2, 0.25) is 0 Å². The zero-order valence-electron chi connectivity index (χ0n) is 9.56. The van der Waals surface area contributed by atoms with Crippen LogP contribution >= 0.6 is 12.2 Å². The molecule has 0 amide bonds. The van der Waals surface area contributed by atoms with Crippen molar-refractivity contribution < 1.29 is 4.74 Å². The highest BCUT2D eigenvalue weighted by Gasteiger charge is 2.16. The Bertz CT molecular complexity index is 568. The van der Waals surface area contributed by atoms with Gasteiger partial charge in [-0.2, -0.15) is 0 Å². The fourth-order valence-corrected chi connectivity index (χ4v) is 2.61. The number of aromatic nitrogens is 3. The van der Waals surface area contributed by atoms with Gasteiger partial charge in [0.25, 0.3) is 0 Å². The molecule has 1 N–H and O–H groups in total. The van der Waals surface area contributed by atoms with E-state index in [2.05, 4.69) is 14.5 Å². The van der Waals surface area contributed by atoms with E-state index in [0.29, 0.717) is 5.92 Å². The Labute approximate surface area is 105 Å². The molecule has 1 unspecified atom stereocenters. The van der Waals surface area contributed by atoms with Crippen molar-refractivity contribution in [2.45, 2.75) is 19.4 Å². The lowest BCUT2D eigenvalue weighted by Gasteiger charge is -2.08. The first-order valence-corrected chi connectivity index (χ1v) is 6.37. The minimum absolute atomic E-state index is 0.672. The summed E-state index contributed by atoms with van der Waals surface area (Å²) in [7, 11) is 0. The SMILES string of the molecule is S=c1[nH]c2cccnc2n1CCC1CCOC1. The maximum atomic E-state index is 5.39. The first kappa shape index (κ1) is 10.9. The quantitative estimate of drug-likeness (QED) is 0.850. The first-order chi connectivity index (χ1) is 8.34. The third kappa shape index (κ3) is 2.12. The third-order valence-electron chi connectivity index (χ3n) is 3.31. The van der Waals surface area contributed by atoms with Crippen LogP contribution in [0.4, 0.5) is 0 Å². The smallest absolute Gasteiger partial charge is 0.179 e. The fourth-order valence-electron chi connectivity index (χ4n) is 2.32. The number of ether oxygens (including phenoxy) is 1. The minimum Gasteiger partial charge on any atom is -0.381 e. The molecule has 0 saturated carbocycles. The van der Waals surface area contributed by atoms with E-state index < -0.39 is 0 Å². The van der Waals surface area contributed by atoms with Gasteiger partial charge in [0.05, 0.1) is 5.52 Å². The summed E-state index contributed by atoms with van der Waals surface area (Å²) >= 11 is 5.33. The molecule has 3 rings (SSSR count). The van der Waals surface area contributed by atoms with Crippen molar-refractivity contribution in [2.24, 2.45) is 5.92 Å². The molecule has 1 aliphatic rings. The Kier molecular flexibility index (Phi) is 2.94. The number of pyridine rings is 1. The maximum absolute atomic E-state index is 5.39. The predicted molar refractivity (Wildman–Crippen MR) is 68.5 cm³/mol. The number of imidazole rings is 1. The third-order valence-corrected chi connectivity index (χ3v) is 3.64. The molecular weight excluding hydrogens is 234 g/mol. The molecule has 4 nitrogen and oxygen atoms in total. The van der Waals surface area contributed by atoms with E-state index in [0.717, 1.165) is 42.1 Å². The first-order valence-electron chi connectivity index (χ1n) is 5.96. The van der Waals surface area contributed by atoms with Gasteiger partial charge in [0, 0.05) is 26.0 Å². The van der Waals surface area contributed by atoms with Crippen LogP contribution in [0.5, 0.6) is 0 Å². The van der Waals surface area contributed by atoms with Crippen molar-refractivity contribution in [1.29, 1.82) is 0 Å². The second-order valence-corrected chi connectivity index (χ2v) is 4.86. The number of hydrogen-bond acceptors (Lipinski definition) is 3. The lowest BCUT2D eigenvalue weighted by molar-refractivity contribution is 0.183. The molecule has 5 heteroatoms. The average molecular weight is 249 g/mol. The van der Waals surface area contributed by atoms with E-state index >= 15 is 0 Å². The molecule has 0 aromatic carbocycles. The summed E-state index contributed by atoms with van der Waals surface area (Å²) < 4.78 is 8.23. The summed E-state index contributed by atoms with van der Waals surface area (Å²) in [5.74, 6) is 0.672. The Morgan fingerprint density at radius 2 is 2.53 bits per heavy atom. The summed E-state index contributed by atoms with van der Waals surface area (Å²) in [6, 6.07) is 3.93. The highest BCUT2D eigenvalue weighted by atomic mass is 32.1. The van der Waals surface area contributed by atoms with Crippen LogP contribution in [0.25, 0.3) is 11.2 Å². The Morgan fingerprint density at radius 3 is 3.35 bits per heavy atom. The summed E-state index contributed by atoms with van der Waals surface area (Å²) in [5.41, 5.74) is 1.97. The average Bonchev–Trinajstić information content (AvgIpc) is 2.93. The van der Waals surface area contributed by atoms with Crippen molar-refractivity contribution in [3.63, 3.8) is 0 Å². The van der Waals surface area contributed by atoms with Crippen molar-refractivity contribution in [1.82, 2.24) is 14.5 Å². The summed E-state index contributed by atoms with van der Waals surface area (Å²) in [6.07, 6.45) is 4.08. The van der Waals surface area contributed by atoms with Gasteiger partial charge in [-0.1, -0.05) is 0 Å². The van der Waals surface area contributed by atoms with Crippen molar-refractivity contribution >= 4 is 23.4 Å². The van der Waals surface area contributed by atoms with Gasteiger partial charge in [0.2, 0.25) is 0 Å². The zero-order valence-corrected chi connectivity index (χ0v) is 10.4. The molecule has 90 valence electrons. The monoisotopic (exact) mass is 249 g/mol. The van der Waals surface area contributed by atoms with Gasteiger partial charge >= 0.3 is 0 Å². The molecule has 1 saturated heterocycles. The highest BCUT2D eigenvalue weighted by molar-refractivity contribution is 7.71. The van der Waals surface area contributed by atoms with Gasteiger partial charge in [-0.3, -0.25) is 0 Å². The number of aryl methyl sites for hydroxylation is 1. The lowest BCUT2D eigenvalue weighted by Crippen LogP contribution is -2.06. The molecule has 2 aromatic rings. The number of aromatic amines is 1. The lowest BCUT2D eigenvalue weighted by atomic mass is 10.1. The predicted octanol–water partition coefficient (Wildman–Crippen LogP) is 2.52. The van der Waals surface area contributed by atoms with Crippen molar-refractivity contribution in [3.05, 3.63) is 23.1 Å². The van der Waals surface area contributed by atoms with Crippen LogP contribution in [0.1, 0.15) is 12.8 Å². The number of fused-ring (bicyclic) bond motifs is 1. The zero-order chi connectivity index (χ0) is 11.7.